The number of carbonyl (C=O) groups excluding carboxylic acids is 1. The average molecular weight is 278 g/mol. The third kappa shape index (κ3) is 5.99. The Balaban J connectivity index is 0.000000956. The van der Waals surface area contributed by atoms with Gasteiger partial charge in [-0.2, -0.15) is 0 Å². The van der Waals surface area contributed by atoms with Gasteiger partial charge in [0.25, 0.3) is 0 Å². The monoisotopic (exact) mass is 278 g/mol. The average Bonchev–Trinajstić information content (AvgIpc) is 2.49. The zero-order valence-corrected chi connectivity index (χ0v) is 12.2. The zero-order chi connectivity index (χ0) is 14.8. The highest BCUT2D eigenvalue weighted by Crippen LogP contribution is 2.12. The number of carbonyl (C=O) groups is 1. The molecule has 4 nitrogen and oxygen atoms in total. The van der Waals surface area contributed by atoms with E-state index in [-0.39, 0.29) is 18.4 Å². The molecule has 4 heteroatoms. The van der Waals surface area contributed by atoms with E-state index in [1.165, 1.54) is 6.92 Å². The fourth-order valence-corrected chi connectivity index (χ4v) is 1.66. The summed E-state index contributed by atoms with van der Waals surface area (Å²) in [6.07, 6.45) is 2.87. The van der Waals surface area contributed by atoms with Gasteiger partial charge in [-0.25, -0.2) is 0 Å². The quantitative estimate of drug-likeness (QED) is 0.627. The van der Waals surface area contributed by atoms with Crippen molar-refractivity contribution in [1.29, 1.82) is 0 Å². The van der Waals surface area contributed by atoms with Crippen LogP contribution in [0.2, 0.25) is 0 Å². The van der Waals surface area contributed by atoms with Gasteiger partial charge in [-0.05, 0) is 17.7 Å². The molecule has 2 unspecified atom stereocenters. The van der Waals surface area contributed by atoms with Crippen LogP contribution in [0, 0.1) is 0 Å². The molecule has 0 aliphatic carbocycles. The Hall–Kier alpha value is -1.65. The predicted octanol–water partition coefficient (Wildman–Crippen LogP) is 3.07. The lowest BCUT2D eigenvalue weighted by atomic mass is 10.2. The predicted molar refractivity (Wildman–Crippen MR) is 77.0 cm³/mol. The molecule has 0 saturated carbocycles. The first kappa shape index (κ1) is 16.4. The Bertz CT molecular complexity index is 414. The van der Waals surface area contributed by atoms with E-state index in [1.807, 2.05) is 44.2 Å². The SMILES string of the molecule is CC.CC(=O)OC1C=CC(OCc2ccccc2)OC1. The van der Waals surface area contributed by atoms with E-state index in [0.717, 1.165) is 5.56 Å². The largest absolute Gasteiger partial charge is 0.456 e. The summed E-state index contributed by atoms with van der Waals surface area (Å²) in [5.74, 6) is -0.308. The van der Waals surface area contributed by atoms with E-state index in [2.05, 4.69) is 0 Å². The van der Waals surface area contributed by atoms with E-state index < -0.39 is 0 Å². The molecule has 1 heterocycles. The maximum absolute atomic E-state index is 10.8. The number of ether oxygens (including phenoxy) is 3. The highest BCUT2D eigenvalue weighted by atomic mass is 16.7. The lowest BCUT2D eigenvalue weighted by molar-refractivity contribution is -0.163. The molecule has 1 aliphatic rings. The van der Waals surface area contributed by atoms with E-state index in [4.69, 9.17) is 14.2 Å². The third-order valence-electron chi connectivity index (χ3n) is 2.48. The minimum atomic E-state index is -0.378. The second-order valence-electron chi connectivity index (χ2n) is 4.03. The maximum atomic E-state index is 10.8. The molecule has 0 radical (unpaired) electrons. The van der Waals surface area contributed by atoms with Crippen LogP contribution in [-0.2, 0) is 25.6 Å². The fraction of sp³-hybridized carbons (Fsp3) is 0.438. The molecule has 1 aromatic carbocycles. The molecule has 0 fully saturated rings. The Morgan fingerprint density at radius 2 is 1.95 bits per heavy atom. The molecule has 0 bridgehead atoms. The number of esters is 1. The Morgan fingerprint density at radius 1 is 1.25 bits per heavy atom. The van der Waals surface area contributed by atoms with Gasteiger partial charge in [0.2, 0.25) is 0 Å². The van der Waals surface area contributed by atoms with Gasteiger partial charge in [-0.3, -0.25) is 4.79 Å². The molecule has 0 saturated heterocycles. The topological polar surface area (TPSA) is 44.8 Å². The Labute approximate surface area is 120 Å². The minimum Gasteiger partial charge on any atom is -0.456 e. The molecule has 0 spiro atoms. The van der Waals surface area contributed by atoms with Crippen molar-refractivity contribution in [3.8, 4) is 0 Å². The summed E-state index contributed by atoms with van der Waals surface area (Å²) < 4.78 is 16.0. The first-order valence-electron chi connectivity index (χ1n) is 6.87. The van der Waals surface area contributed by atoms with Gasteiger partial charge in [-0.15, -0.1) is 0 Å². The van der Waals surface area contributed by atoms with Crippen LogP contribution in [0.3, 0.4) is 0 Å². The number of benzene rings is 1. The van der Waals surface area contributed by atoms with Crippen molar-refractivity contribution in [1.82, 2.24) is 0 Å². The van der Waals surface area contributed by atoms with Crippen LogP contribution in [0.5, 0.6) is 0 Å². The first-order valence-corrected chi connectivity index (χ1v) is 6.87. The number of rotatable bonds is 4. The van der Waals surface area contributed by atoms with Crippen LogP contribution >= 0.6 is 0 Å². The number of hydrogen-bond donors (Lipinski definition) is 0. The van der Waals surface area contributed by atoms with Crippen LogP contribution in [0.4, 0.5) is 0 Å². The van der Waals surface area contributed by atoms with E-state index in [9.17, 15) is 4.79 Å². The van der Waals surface area contributed by atoms with Crippen molar-refractivity contribution in [2.24, 2.45) is 0 Å². The maximum Gasteiger partial charge on any atom is 0.303 e. The molecule has 0 N–H and O–H groups in total. The summed E-state index contributed by atoms with van der Waals surface area (Å²) in [7, 11) is 0. The molecule has 0 amide bonds. The van der Waals surface area contributed by atoms with E-state index in [0.29, 0.717) is 13.2 Å². The third-order valence-corrected chi connectivity index (χ3v) is 2.48. The Kier molecular flexibility index (Phi) is 7.62. The smallest absolute Gasteiger partial charge is 0.303 e. The fourth-order valence-electron chi connectivity index (χ4n) is 1.66. The first-order chi connectivity index (χ1) is 9.74. The summed E-state index contributed by atoms with van der Waals surface area (Å²) in [6, 6.07) is 9.88. The van der Waals surface area contributed by atoms with Crippen LogP contribution in [-0.4, -0.2) is 25.0 Å². The lowest BCUT2D eigenvalue weighted by Gasteiger charge is -2.23. The summed E-state index contributed by atoms with van der Waals surface area (Å²) in [6.45, 7) is 6.20. The van der Waals surface area contributed by atoms with Gasteiger partial charge in [0, 0.05) is 6.92 Å². The van der Waals surface area contributed by atoms with Crippen LogP contribution in [0.15, 0.2) is 42.5 Å². The molecule has 2 atom stereocenters. The molecule has 1 aromatic rings. The van der Waals surface area contributed by atoms with Crippen molar-refractivity contribution in [3.05, 3.63) is 48.0 Å². The normalized spacial score (nSPS) is 20.8. The standard InChI is InChI=1S/C14H16O4.C2H6/c1-11(15)18-13-7-8-14(17-10-13)16-9-12-5-3-2-4-6-12;1-2/h2-8,13-14H,9-10H2,1H3;1-2H3. The van der Waals surface area contributed by atoms with Crippen LogP contribution < -0.4 is 0 Å². The van der Waals surface area contributed by atoms with E-state index >= 15 is 0 Å². The van der Waals surface area contributed by atoms with Crippen LogP contribution in [0.25, 0.3) is 0 Å². The minimum absolute atomic E-state index is 0.306. The van der Waals surface area contributed by atoms with Gasteiger partial charge in [0.1, 0.15) is 6.10 Å². The Morgan fingerprint density at radius 3 is 2.50 bits per heavy atom. The zero-order valence-electron chi connectivity index (χ0n) is 12.2. The number of hydrogen-bond acceptors (Lipinski definition) is 4. The molecule has 110 valence electrons. The van der Waals surface area contributed by atoms with Gasteiger partial charge in [0.05, 0.1) is 13.2 Å². The molecule has 1 aliphatic heterocycles. The van der Waals surface area contributed by atoms with Crippen molar-refractivity contribution in [2.75, 3.05) is 6.61 Å². The molecule has 0 aromatic heterocycles. The molecule has 2 rings (SSSR count). The summed E-state index contributed by atoms with van der Waals surface area (Å²) in [4.78, 5) is 10.8. The summed E-state index contributed by atoms with van der Waals surface area (Å²) >= 11 is 0. The highest BCUT2D eigenvalue weighted by molar-refractivity contribution is 5.66. The van der Waals surface area contributed by atoms with Crippen LogP contribution in [0.1, 0.15) is 26.3 Å². The second-order valence-corrected chi connectivity index (χ2v) is 4.03. The summed E-state index contributed by atoms with van der Waals surface area (Å²) in [5, 5.41) is 0. The summed E-state index contributed by atoms with van der Waals surface area (Å²) in [5.41, 5.74) is 1.09. The molecular formula is C16H22O4. The van der Waals surface area contributed by atoms with Gasteiger partial charge < -0.3 is 14.2 Å². The van der Waals surface area contributed by atoms with Crippen molar-refractivity contribution >= 4 is 5.97 Å². The van der Waals surface area contributed by atoms with Gasteiger partial charge >= 0.3 is 5.97 Å². The van der Waals surface area contributed by atoms with Crippen molar-refractivity contribution in [2.45, 2.75) is 39.8 Å². The van der Waals surface area contributed by atoms with Gasteiger partial charge in [0.15, 0.2) is 6.29 Å². The lowest BCUT2D eigenvalue weighted by Crippen LogP contribution is -2.29. The van der Waals surface area contributed by atoms with Gasteiger partial charge in [-0.1, -0.05) is 44.2 Å². The molecular weight excluding hydrogens is 256 g/mol. The highest BCUT2D eigenvalue weighted by Gasteiger charge is 2.18. The van der Waals surface area contributed by atoms with Crippen molar-refractivity contribution in [3.63, 3.8) is 0 Å². The molecule has 20 heavy (non-hydrogen) atoms. The van der Waals surface area contributed by atoms with Crippen molar-refractivity contribution < 1.29 is 19.0 Å². The second kappa shape index (κ2) is 9.28. The van der Waals surface area contributed by atoms with E-state index in [1.54, 1.807) is 12.2 Å².